The summed E-state index contributed by atoms with van der Waals surface area (Å²) in [7, 11) is 6.40. The molecule has 3 fully saturated rings. The monoisotopic (exact) mass is 488 g/mol. The van der Waals surface area contributed by atoms with Gasteiger partial charge in [0.05, 0.1) is 70.0 Å². The van der Waals surface area contributed by atoms with Crippen LogP contribution in [0.25, 0.3) is 0 Å². The first-order valence-electron chi connectivity index (χ1n) is 10.9. The van der Waals surface area contributed by atoms with E-state index in [1.165, 1.54) is 16.7 Å². The number of carboxylic acids is 1. The minimum absolute atomic E-state index is 0. The van der Waals surface area contributed by atoms with Gasteiger partial charge >= 0.3 is 0 Å². The molecule has 0 radical (unpaired) electrons. The Bertz CT molecular complexity index is 839. The maximum atomic E-state index is 12.8. The molecule has 0 bridgehead atoms. The van der Waals surface area contributed by atoms with E-state index in [4.69, 9.17) is 0 Å². The molecule has 3 saturated heterocycles. The van der Waals surface area contributed by atoms with Gasteiger partial charge in [0.25, 0.3) is 0 Å². The second-order valence-corrected chi connectivity index (χ2v) is 11.5. The number of amides is 2. The highest BCUT2D eigenvalue weighted by Crippen LogP contribution is 2.51. The van der Waals surface area contributed by atoms with Crippen LogP contribution in [-0.4, -0.2) is 107 Å². The third-order valence-corrected chi connectivity index (χ3v) is 8.77. The number of hydrogen-bond acceptors (Lipinski definition) is 7. The predicted octanol–water partition coefficient (Wildman–Crippen LogP) is -1.39. The lowest BCUT2D eigenvalue weighted by molar-refractivity contribution is -0.900. The van der Waals surface area contributed by atoms with Crippen molar-refractivity contribution in [3.8, 4) is 0 Å². The highest BCUT2D eigenvalue weighted by Gasteiger charge is 2.59. The highest BCUT2D eigenvalue weighted by molar-refractivity contribution is 8.03. The second-order valence-electron chi connectivity index (χ2n) is 10.2. The smallest absolute Gasteiger partial charge is 0.240 e. The van der Waals surface area contributed by atoms with Crippen molar-refractivity contribution >= 4 is 42.0 Å². The number of thioether (sulfide) groups is 1. The number of aliphatic hydroxyl groups excluding tert-OH is 1. The number of nitrogens with one attached hydrogen (secondary N) is 1. The van der Waals surface area contributed by atoms with Crippen molar-refractivity contribution < 1.29 is 29.1 Å². The standard InChI is InChI=1S/C21H32N4O5S.ClH/c1-10-16-15(11(2)26)20(28)24(16)17(21(29)30)18(10)31-13-6-14(22-7-13)19(27)23-8-12(9-23)25(3,4)5;/h10-16,22,26H,6-9H2,1-5H3;1H/t10-,11?,13+,14+,15-,16-;/m1./s1. The van der Waals surface area contributed by atoms with E-state index in [0.717, 1.165) is 17.6 Å². The largest absolute Gasteiger partial charge is 0.543 e. The summed E-state index contributed by atoms with van der Waals surface area (Å²) in [6.07, 6.45) is -0.213. The summed E-state index contributed by atoms with van der Waals surface area (Å²) in [6, 6.07) is -0.156. The number of aliphatic hydroxyl groups is 1. The van der Waals surface area contributed by atoms with E-state index in [-0.39, 0.29) is 53.2 Å². The number of fused-ring (bicyclic) bond motifs is 1. The maximum Gasteiger partial charge on any atom is 0.240 e. The average Bonchev–Trinajstić information content (AvgIpc) is 3.15. The molecule has 4 rings (SSSR count). The quantitative estimate of drug-likeness (QED) is 0.349. The number of likely N-dealkylation sites (N-methyl/N-ethyl adjacent to an activating group) is 1. The summed E-state index contributed by atoms with van der Waals surface area (Å²) < 4.78 is 0.836. The molecule has 4 aliphatic rings. The molecule has 180 valence electrons. The Morgan fingerprint density at radius 2 is 1.91 bits per heavy atom. The van der Waals surface area contributed by atoms with Gasteiger partial charge in [0.2, 0.25) is 11.8 Å². The molecule has 0 saturated carbocycles. The molecule has 32 heavy (non-hydrogen) atoms. The summed E-state index contributed by atoms with van der Waals surface area (Å²) in [4.78, 5) is 40.9. The van der Waals surface area contributed by atoms with Crippen LogP contribution in [0.4, 0.5) is 0 Å². The van der Waals surface area contributed by atoms with E-state index in [1.54, 1.807) is 6.92 Å². The van der Waals surface area contributed by atoms with Gasteiger partial charge in [-0.1, -0.05) is 6.92 Å². The molecular weight excluding hydrogens is 456 g/mol. The second kappa shape index (κ2) is 8.79. The van der Waals surface area contributed by atoms with Crippen LogP contribution in [-0.2, 0) is 14.4 Å². The molecule has 0 aromatic heterocycles. The molecule has 0 aromatic carbocycles. The molecule has 0 aromatic rings. The van der Waals surface area contributed by atoms with Crippen LogP contribution in [0.15, 0.2) is 10.6 Å². The molecule has 2 N–H and O–H groups in total. The van der Waals surface area contributed by atoms with Crippen molar-refractivity contribution in [1.29, 1.82) is 0 Å². The third kappa shape index (κ3) is 4.04. The molecular formula is C21H33ClN4O5S. The number of rotatable bonds is 6. The number of halogens is 1. The molecule has 2 amide bonds. The van der Waals surface area contributed by atoms with E-state index >= 15 is 0 Å². The fourth-order valence-electron chi connectivity index (χ4n) is 5.18. The fraction of sp³-hybridized carbons (Fsp3) is 0.762. The molecule has 0 spiro atoms. The van der Waals surface area contributed by atoms with Gasteiger partial charge in [-0.2, -0.15) is 0 Å². The van der Waals surface area contributed by atoms with E-state index in [9.17, 15) is 24.6 Å². The van der Waals surface area contributed by atoms with Crippen LogP contribution in [0.2, 0.25) is 0 Å². The van der Waals surface area contributed by atoms with E-state index < -0.39 is 18.0 Å². The number of hydrogen-bond donors (Lipinski definition) is 2. The van der Waals surface area contributed by atoms with Gasteiger partial charge in [0.1, 0.15) is 6.04 Å². The zero-order valence-electron chi connectivity index (χ0n) is 19.1. The summed E-state index contributed by atoms with van der Waals surface area (Å²) >= 11 is 1.43. The van der Waals surface area contributed by atoms with E-state index in [1.807, 2.05) is 11.8 Å². The van der Waals surface area contributed by atoms with Crippen molar-refractivity contribution in [3.63, 3.8) is 0 Å². The summed E-state index contributed by atoms with van der Waals surface area (Å²) in [5.41, 5.74) is -0.0623. The van der Waals surface area contributed by atoms with E-state index in [0.29, 0.717) is 23.9 Å². The first kappa shape index (κ1) is 25.3. The number of nitrogens with zero attached hydrogens (tertiary/aromatic N) is 3. The molecule has 6 atom stereocenters. The topological polar surface area (TPSA) is 113 Å². The van der Waals surface area contributed by atoms with Crippen LogP contribution in [0, 0.1) is 11.8 Å². The molecule has 0 aliphatic carbocycles. The number of likely N-dealkylation sites (tertiary alicyclic amines) is 1. The van der Waals surface area contributed by atoms with Crippen molar-refractivity contribution in [3.05, 3.63) is 10.6 Å². The Morgan fingerprint density at radius 1 is 1.28 bits per heavy atom. The van der Waals surface area contributed by atoms with Gasteiger partial charge in [-0.3, -0.25) is 9.59 Å². The predicted molar refractivity (Wildman–Crippen MR) is 120 cm³/mol. The van der Waals surface area contributed by atoms with Crippen LogP contribution >= 0.6 is 24.2 Å². The normalized spacial score (nSPS) is 33.4. The number of carbonyl (C=O) groups excluding carboxylic acids is 3. The average molecular weight is 489 g/mol. The minimum atomic E-state index is -1.36. The van der Waals surface area contributed by atoms with Crippen LogP contribution in [0.5, 0.6) is 0 Å². The number of carbonyl (C=O) groups is 3. The highest BCUT2D eigenvalue weighted by atomic mass is 35.5. The minimum Gasteiger partial charge on any atom is -0.543 e. The van der Waals surface area contributed by atoms with Gasteiger partial charge in [-0.25, -0.2) is 0 Å². The summed E-state index contributed by atoms with van der Waals surface area (Å²) in [6.45, 7) is 5.58. The number of β-lactam (4-membered cyclic amide) rings is 1. The molecule has 4 heterocycles. The number of aliphatic carboxylic acids is 1. The first-order valence-corrected chi connectivity index (χ1v) is 11.8. The molecule has 11 heteroatoms. The third-order valence-electron chi connectivity index (χ3n) is 7.25. The van der Waals surface area contributed by atoms with Gasteiger partial charge in [-0.05, 0) is 13.3 Å². The summed E-state index contributed by atoms with van der Waals surface area (Å²) in [5, 5.41) is 25.1. The van der Waals surface area contributed by atoms with Gasteiger partial charge < -0.3 is 34.6 Å². The van der Waals surface area contributed by atoms with Crippen molar-refractivity contribution in [2.24, 2.45) is 11.8 Å². The first-order chi connectivity index (χ1) is 14.4. The van der Waals surface area contributed by atoms with Gasteiger partial charge in [-0.15, -0.1) is 24.2 Å². The van der Waals surface area contributed by atoms with Crippen LogP contribution in [0.1, 0.15) is 20.3 Å². The maximum absolute atomic E-state index is 12.8. The van der Waals surface area contributed by atoms with Gasteiger partial charge in [0.15, 0.2) is 0 Å². The Balaban J connectivity index is 0.00000289. The van der Waals surface area contributed by atoms with Crippen molar-refractivity contribution in [1.82, 2.24) is 15.1 Å². The zero-order valence-corrected chi connectivity index (χ0v) is 20.7. The zero-order chi connectivity index (χ0) is 22.8. The Labute approximate surface area is 199 Å². The Hall–Kier alpha value is -1.33. The fourth-order valence-corrected chi connectivity index (χ4v) is 6.65. The van der Waals surface area contributed by atoms with Crippen LogP contribution < -0.4 is 10.4 Å². The van der Waals surface area contributed by atoms with E-state index in [2.05, 4.69) is 26.5 Å². The van der Waals surface area contributed by atoms with Gasteiger partial charge in [0, 0.05) is 22.6 Å². The number of quaternary nitrogens is 1. The van der Waals surface area contributed by atoms with Crippen molar-refractivity contribution in [2.45, 2.75) is 49.7 Å². The van der Waals surface area contributed by atoms with Crippen molar-refractivity contribution in [2.75, 3.05) is 40.8 Å². The lowest BCUT2D eigenvalue weighted by Crippen LogP contribution is -2.67. The molecule has 9 nitrogen and oxygen atoms in total. The molecule has 4 aliphatic heterocycles. The Morgan fingerprint density at radius 3 is 2.44 bits per heavy atom. The lowest BCUT2D eigenvalue weighted by atomic mass is 9.79. The summed E-state index contributed by atoms with van der Waals surface area (Å²) in [5.74, 6) is -2.39. The molecule has 1 unspecified atom stereocenters. The number of carboxylic acid groups (broad SMARTS) is 1. The Kier molecular flexibility index (Phi) is 6.95. The van der Waals surface area contributed by atoms with Crippen LogP contribution in [0.3, 0.4) is 0 Å². The SMILES string of the molecule is CC(O)[C@H]1C(=O)N2C(C(=O)[O-])=C(S[C@@H]3CN[C@H](C(=O)N4CC([N+](C)(C)C)C4)C3)[C@H](C)[C@H]12.Cl. The lowest BCUT2D eigenvalue weighted by Gasteiger charge is -2.47.